The number of amides is 3. The van der Waals surface area contributed by atoms with Gasteiger partial charge in [-0.05, 0) is 63.3 Å². The van der Waals surface area contributed by atoms with E-state index in [0.717, 1.165) is 31.4 Å². The first kappa shape index (κ1) is 21.8. The summed E-state index contributed by atoms with van der Waals surface area (Å²) in [6.07, 6.45) is 6.49. The maximum atomic E-state index is 12.7. The van der Waals surface area contributed by atoms with Crippen LogP contribution >= 0.6 is 0 Å². The summed E-state index contributed by atoms with van der Waals surface area (Å²) in [4.78, 5) is 43.3. The molecule has 0 unspecified atom stereocenters. The lowest BCUT2D eigenvalue weighted by Crippen LogP contribution is -2.56. The summed E-state index contributed by atoms with van der Waals surface area (Å²) in [5, 5.41) is 3.01. The fourth-order valence-electron chi connectivity index (χ4n) is 5.06. The van der Waals surface area contributed by atoms with Crippen LogP contribution in [0.4, 0.5) is 0 Å². The lowest BCUT2D eigenvalue weighted by Gasteiger charge is -2.36. The van der Waals surface area contributed by atoms with Gasteiger partial charge in [0, 0.05) is 37.8 Å². The first-order valence-corrected chi connectivity index (χ1v) is 11.7. The number of likely N-dealkylation sites (tertiary alicyclic amines) is 1. The third-order valence-electron chi connectivity index (χ3n) is 6.93. The van der Waals surface area contributed by atoms with E-state index in [1.165, 1.54) is 25.8 Å². The number of nitrogens with one attached hydrogen (secondary N) is 1. The van der Waals surface area contributed by atoms with Gasteiger partial charge in [0.05, 0.1) is 0 Å². The second-order valence-electron chi connectivity index (χ2n) is 9.13. The maximum absolute atomic E-state index is 12.7. The van der Waals surface area contributed by atoms with E-state index in [0.29, 0.717) is 31.2 Å². The number of nitrogens with zero attached hydrogens (tertiary/aromatic N) is 3. The minimum absolute atomic E-state index is 0.0389. The number of hydrogen-bond acceptors (Lipinski definition) is 4. The third-order valence-corrected chi connectivity index (χ3v) is 6.93. The lowest BCUT2D eigenvalue weighted by molar-refractivity contribution is -0.154. The van der Waals surface area contributed by atoms with E-state index in [1.807, 2.05) is 12.1 Å². The van der Waals surface area contributed by atoms with Gasteiger partial charge in [-0.25, -0.2) is 0 Å². The first-order chi connectivity index (χ1) is 15.0. The maximum Gasteiger partial charge on any atom is 0.251 e. The monoisotopic (exact) mass is 426 g/mol. The van der Waals surface area contributed by atoms with Crippen LogP contribution in [0.3, 0.4) is 0 Å². The van der Waals surface area contributed by atoms with Gasteiger partial charge in [0.2, 0.25) is 11.8 Å². The summed E-state index contributed by atoms with van der Waals surface area (Å²) in [7, 11) is 0. The number of rotatable bonds is 7. The van der Waals surface area contributed by atoms with E-state index in [2.05, 4.69) is 17.1 Å². The highest BCUT2D eigenvalue weighted by Crippen LogP contribution is 2.24. The molecule has 7 heteroatoms. The summed E-state index contributed by atoms with van der Waals surface area (Å²) in [5.74, 6) is 0.0167. The first-order valence-electron chi connectivity index (χ1n) is 11.7. The second-order valence-corrected chi connectivity index (χ2v) is 9.13. The molecule has 0 aromatic heterocycles. The zero-order valence-corrected chi connectivity index (χ0v) is 18.5. The van der Waals surface area contributed by atoms with Gasteiger partial charge in [0.15, 0.2) is 0 Å². The SMILES string of the molecule is C[C@H]1CCCCN1CCCNC(=O)c1ccc(CN2CC(=O)N3CCC[C@H]3C2=O)cc1. The van der Waals surface area contributed by atoms with Crippen molar-refractivity contribution >= 4 is 17.7 Å². The molecule has 3 heterocycles. The number of piperidine rings is 1. The number of benzene rings is 1. The quantitative estimate of drug-likeness (QED) is 0.677. The highest BCUT2D eigenvalue weighted by molar-refractivity contribution is 5.95. The predicted molar refractivity (Wildman–Crippen MR) is 118 cm³/mol. The van der Waals surface area contributed by atoms with E-state index < -0.39 is 0 Å². The minimum atomic E-state index is -0.278. The topological polar surface area (TPSA) is 73.0 Å². The molecule has 2 atom stereocenters. The standard InChI is InChI=1S/C24H34N4O3/c1-18-6-2-3-13-26(18)14-5-12-25-23(30)20-10-8-19(9-11-20)16-27-17-22(29)28-15-4-7-21(28)24(27)31/h8-11,18,21H,2-7,12-17H2,1H3,(H,25,30)/t18-,21-/m0/s1. The molecule has 1 aromatic carbocycles. The molecule has 0 aliphatic carbocycles. The van der Waals surface area contributed by atoms with Crippen molar-refractivity contribution < 1.29 is 14.4 Å². The Hall–Kier alpha value is -2.41. The fraction of sp³-hybridized carbons (Fsp3) is 0.625. The van der Waals surface area contributed by atoms with Gasteiger partial charge < -0.3 is 20.0 Å². The molecule has 3 saturated heterocycles. The van der Waals surface area contributed by atoms with Crippen molar-refractivity contribution in [2.45, 2.75) is 64.1 Å². The van der Waals surface area contributed by atoms with Gasteiger partial charge in [-0.3, -0.25) is 14.4 Å². The minimum Gasteiger partial charge on any atom is -0.352 e. The van der Waals surface area contributed by atoms with E-state index in [9.17, 15) is 14.4 Å². The summed E-state index contributed by atoms with van der Waals surface area (Å²) in [6, 6.07) is 7.73. The predicted octanol–water partition coefficient (Wildman–Crippen LogP) is 2.01. The Labute approximate surface area is 184 Å². The van der Waals surface area contributed by atoms with E-state index >= 15 is 0 Å². The van der Waals surface area contributed by atoms with Gasteiger partial charge in [-0.1, -0.05) is 18.6 Å². The number of carbonyl (C=O) groups excluding carboxylic acids is 3. The lowest BCUT2D eigenvalue weighted by atomic mass is 10.0. The third kappa shape index (κ3) is 5.09. The number of fused-ring (bicyclic) bond motifs is 1. The van der Waals surface area contributed by atoms with Gasteiger partial charge in [-0.15, -0.1) is 0 Å². The highest BCUT2D eigenvalue weighted by Gasteiger charge is 2.41. The average molecular weight is 427 g/mol. The summed E-state index contributed by atoms with van der Waals surface area (Å²) in [5.41, 5.74) is 1.56. The summed E-state index contributed by atoms with van der Waals surface area (Å²) in [6.45, 7) is 6.41. The van der Waals surface area contributed by atoms with Crippen LogP contribution in [-0.2, 0) is 16.1 Å². The summed E-state index contributed by atoms with van der Waals surface area (Å²) >= 11 is 0. The second kappa shape index (κ2) is 9.81. The molecule has 7 nitrogen and oxygen atoms in total. The van der Waals surface area contributed by atoms with Crippen LogP contribution in [0.2, 0.25) is 0 Å². The summed E-state index contributed by atoms with van der Waals surface area (Å²) < 4.78 is 0. The Morgan fingerprint density at radius 2 is 1.87 bits per heavy atom. The van der Waals surface area contributed by atoms with Gasteiger partial charge in [0.25, 0.3) is 5.91 Å². The van der Waals surface area contributed by atoms with Crippen molar-refractivity contribution in [2.24, 2.45) is 0 Å². The van der Waals surface area contributed by atoms with Crippen molar-refractivity contribution in [1.29, 1.82) is 0 Å². The molecule has 0 bridgehead atoms. The van der Waals surface area contributed by atoms with Gasteiger partial charge >= 0.3 is 0 Å². The average Bonchev–Trinajstić information content (AvgIpc) is 3.27. The molecule has 1 aromatic rings. The van der Waals surface area contributed by atoms with E-state index in [-0.39, 0.29) is 30.3 Å². The normalized spacial score (nSPS) is 24.4. The molecule has 4 rings (SSSR count). The largest absolute Gasteiger partial charge is 0.352 e. The highest BCUT2D eigenvalue weighted by atomic mass is 16.2. The molecule has 0 radical (unpaired) electrons. The zero-order valence-electron chi connectivity index (χ0n) is 18.5. The number of piperazine rings is 1. The van der Waals surface area contributed by atoms with Crippen LogP contribution in [0.15, 0.2) is 24.3 Å². The fourth-order valence-corrected chi connectivity index (χ4v) is 5.06. The van der Waals surface area contributed by atoms with Gasteiger partial charge in [0.1, 0.15) is 12.6 Å². The smallest absolute Gasteiger partial charge is 0.251 e. The van der Waals surface area contributed by atoms with Crippen molar-refractivity contribution in [1.82, 2.24) is 20.0 Å². The van der Waals surface area contributed by atoms with Crippen LogP contribution < -0.4 is 5.32 Å². The Morgan fingerprint density at radius 1 is 1.06 bits per heavy atom. The number of carbonyl (C=O) groups is 3. The Morgan fingerprint density at radius 3 is 2.65 bits per heavy atom. The molecule has 31 heavy (non-hydrogen) atoms. The molecule has 1 N–H and O–H groups in total. The van der Waals surface area contributed by atoms with Gasteiger partial charge in [-0.2, -0.15) is 0 Å². The molecule has 0 saturated carbocycles. The Balaban J connectivity index is 1.23. The Kier molecular flexibility index (Phi) is 6.90. The van der Waals surface area contributed by atoms with E-state index in [4.69, 9.17) is 0 Å². The van der Waals surface area contributed by atoms with Crippen molar-refractivity contribution in [3.8, 4) is 0 Å². The molecule has 3 amide bonds. The van der Waals surface area contributed by atoms with Crippen molar-refractivity contribution in [3.63, 3.8) is 0 Å². The molecule has 3 fully saturated rings. The molecule has 0 spiro atoms. The Bertz CT molecular complexity index is 810. The van der Waals surface area contributed by atoms with E-state index in [1.54, 1.807) is 21.9 Å². The van der Waals surface area contributed by atoms with Crippen LogP contribution in [0, 0.1) is 0 Å². The zero-order chi connectivity index (χ0) is 21.8. The number of hydrogen-bond donors (Lipinski definition) is 1. The van der Waals surface area contributed by atoms with Crippen molar-refractivity contribution in [2.75, 3.05) is 32.7 Å². The van der Waals surface area contributed by atoms with Crippen LogP contribution in [0.1, 0.15) is 61.4 Å². The van der Waals surface area contributed by atoms with Crippen LogP contribution in [0.5, 0.6) is 0 Å². The van der Waals surface area contributed by atoms with Crippen LogP contribution in [-0.4, -0.2) is 77.2 Å². The molecular weight excluding hydrogens is 392 g/mol. The molecule has 168 valence electrons. The molecule has 3 aliphatic rings. The molecule has 3 aliphatic heterocycles. The molecular formula is C24H34N4O3. The van der Waals surface area contributed by atoms with Crippen molar-refractivity contribution in [3.05, 3.63) is 35.4 Å². The van der Waals surface area contributed by atoms with Crippen LogP contribution in [0.25, 0.3) is 0 Å².